The highest BCUT2D eigenvalue weighted by Crippen LogP contribution is 2.48. The molecular formula is C14H22N2O3. The molecule has 0 aromatic rings. The van der Waals surface area contributed by atoms with Crippen LogP contribution in [0.15, 0.2) is 0 Å². The van der Waals surface area contributed by atoms with E-state index in [1.807, 2.05) is 6.92 Å². The summed E-state index contributed by atoms with van der Waals surface area (Å²) >= 11 is 0. The Morgan fingerprint density at radius 2 is 1.95 bits per heavy atom. The molecule has 2 saturated carbocycles. The van der Waals surface area contributed by atoms with Crippen LogP contribution < -0.4 is 10.6 Å². The van der Waals surface area contributed by atoms with Gasteiger partial charge >= 0.3 is 5.97 Å². The van der Waals surface area contributed by atoms with Crippen LogP contribution >= 0.6 is 0 Å². The minimum absolute atomic E-state index is 0.00595. The zero-order valence-corrected chi connectivity index (χ0v) is 11.3. The van der Waals surface area contributed by atoms with E-state index in [0.29, 0.717) is 5.92 Å². The number of carboxylic acids is 1. The van der Waals surface area contributed by atoms with Gasteiger partial charge in [-0.2, -0.15) is 0 Å². The van der Waals surface area contributed by atoms with Crippen molar-refractivity contribution in [2.75, 3.05) is 6.54 Å². The first-order valence-corrected chi connectivity index (χ1v) is 7.34. The molecule has 0 aromatic carbocycles. The van der Waals surface area contributed by atoms with Crippen LogP contribution in [0.4, 0.5) is 0 Å². The Morgan fingerprint density at radius 1 is 1.21 bits per heavy atom. The average Bonchev–Trinajstić information content (AvgIpc) is 3.03. The van der Waals surface area contributed by atoms with Gasteiger partial charge in [0.1, 0.15) is 0 Å². The number of carboxylic acid groups (broad SMARTS) is 1. The summed E-state index contributed by atoms with van der Waals surface area (Å²) in [5.74, 6) is -0.427. The maximum Gasteiger partial charge on any atom is 0.308 e. The highest BCUT2D eigenvalue weighted by atomic mass is 16.4. The Hall–Kier alpha value is -1.10. The molecule has 2 aliphatic carbocycles. The summed E-state index contributed by atoms with van der Waals surface area (Å²) in [6.07, 6.45) is 3.90. The molecule has 106 valence electrons. The van der Waals surface area contributed by atoms with Crippen molar-refractivity contribution in [2.24, 2.45) is 23.7 Å². The van der Waals surface area contributed by atoms with Gasteiger partial charge in [0.2, 0.25) is 5.91 Å². The molecule has 5 heteroatoms. The van der Waals surface area contributed by atoms with Crippen molar-refractivity contribution >= 4 is 11.9 Å². The zero-order valence-electron chi connectivity index (χ0n) is 11.3. The number of carbonyl (C=O) groups is 2. The third kappa shape index (κ3) is 2.14. The predicted molar refractivity (Wildman–Crippen MR) is 69.5 cm³/mol. The highest BCUT2D eigenvalue weighted by Gasteiger charge is 2.52. The standard InChI is InChI=1S/C14H22N2O3/c1-7-10(4-5-15-7)13(17)16-12-9-3-2-8(6-9)11(12)14(18)19/h7-12,15H,2-6H2,1H3,(H,16,17)(H,18,19). The predicted octanol–water partition coefficient (Wildman–Crippen LogP) is 0.600. The highest BCUT2D eigenvalue weighted by molar-refractivity contribution is 5.81. The van der Waals surface area contributed by atoms with Crippen LogP contribution in [-0.2, 0) is 9.59 Å². The van der Waals surface area contributed by atoms with Gasteiger partial charge in [0.25, 0.3) is 0 Å². The van der Waals surface area contributed by atoms with Crippen LogP contribution in [0.25, 0.3) is 0 Å². The monoisotopic (exact) mass is 266 g/mol. The largest absolute Gasteiger partial charge is 0.481 e. The quantitative estimate of drug-likeness (QED) is 0.699. The van der Waals surface area contributed by atoms with E-state index in [0.717, 1.165) is 32.2 Å². The van der Waals surface area contributed by atoms with E-state index >= 15 is 0 Å². The van der Waals surface area contributed by atoms with Crippen molar-refractivity contribution in [1.82, 2.24) is 10.6 Å². The maximum absolute atomic E-state index is 12.3. The maximum atomic E-state index is 12.3. The average molecular weight is 266 g/mol. The molecule has 1 amide bonds. The minimum atomic E-state index is -0.741. The number of carbonyl (C=O) groups excluding carboxylic acids is 1. The summed E-state index contributed by atoms with van der Waals surface area (Å²) in [7, 11) is 0. The first kappa shape index (κ1) is 12.9. The summed E-state index contributed by atoms with van der Waals surface area (Å²) in [4.78, 5) is 23.7. The third-order valence-corrected chi connectivity index (χ3v) is 5.37. The molecule has 3 aliphatic rings. The van der Waals surface area contributed by atoms with Gasteiger partial charge in [-0.1, -0.05) is 0 Å². The second-order valence-electron chi connectivity index (χ2n) is 6.37. The lowest BCUT2D eigenvalue weighted by atomic mass is 9.84. The normalized spacial score (nSPS) is 44.5. The van der Waals surface area contributed by atoms with Crippen molar-refractivity contribution in [3.8, 4) is 0 Å². The summed E-state index contributed by atoms with van der Waals surface area (Å²) in [6, 6.07) is 0.0541. The molecule has 3 fully saturated rings. The van der Waals surface area contributed by atoms with Gasteiger partial charge in [0.15, 0.2) is 0 Å². The molecule has 6 atom stereocenters. The van der Waals surface area contributed by atoms with Crippen LogP contribution in [-0.4, -0.2) is 35.6 Å². The molecule has 0 radical (unpaired) electrons. The Labute approximate surface area is 113 Å². The molecule has 5 nitrogen and oxygen atoms in total. The van der Waals surface area contributed by atoms with Crippen LogP contribution in [0.5, 0.6) is 0 Å². The fraction of sp³-hybridized carbons (Fsp3) is 0.857. The Kier molecular flexibility index (Phi) is 3.25. The lowest BCUT2D eigenvalue weighted by Crippen LogP contribution is -2.49. The van der Waals surface area contributed by atoms with Gasteiger partial charge in [0.05, 0.1) is 11.8 Å². The smallest absolute Gasteiger partial charge is 0.308 e. The number of hydrogen-bond donors (Lipinski definition) is 3. The van der Waals surface area contributed by atoms with Gasteiger partial charge in [-0.05, 0) is 51.0 Å². The number of hydrogen-bond acceptors (Lipinski definition) is 3. The molecule has 2 bridgehead atoms. The van der Waals surface area contributed by atoms with E-state index in [4.69, 9.17) is 0 Å². The molecular weight excluding hydrogens is 244 g/mol. The van der Waals surface area contributed by atoms with Crippen LogP contribution in [0, 0.1) is 23.7 Å². The molecule has 19 heavy (non-hydrogen) atoms. The van der Waals surface area contributed by atoms with E-state index in [-0.39, 0.29) is 35.7 Å². The van der Waals surface area contributed by atoms with E-state index in [9.17, 15) is 14.7 Å². The molecule has 0 aromatic heterocycles. The van der Waals surface area contributed by atoms with Gasteiger partial charge in [-0.15, -0.1) is 0 Å². The van der Waals surface area contributed by atoms with Gasteiger partial charge in [-0.25, -0.2) is 0 Å². The van der Waals surface area contributed by atoms with Crippen molar-refractivity contribution in [3.63, 3.8) is 0 Å². The number of aliphatic carboxylic acids is 1. The summed E-state index contributed by atoms with van der Waals surface area (Å²) < 4.78 is 0. The SMILES string of the molecule is CC1NCCC1C(=O)NC1C2CCC(C2)C1C(=O)O. The lowest BCUT2D eigenvalue weighted by Gasteiger charge is -2.30. The molecule has 1 aliphatic heterocycles. The molecule has 3 rings (SSSR count). The molecule has 1 saturated heterocycles. The topological polar surface area (TPSA) is 78.4 Å². The Bertz CT molecular complexity index is 398. The molecule has 3 N–H and O–H groups in total. The molecule has 0 spiro atoms. The number of amides is 1. The lowest BCUT2D eigenvalue weighted by molar-refractivity contribution is -0.145. The Morgan fingerprint density at radius 3 is 2.58 bits per heavy atom. The number of nitrogens with one attached hydrogen (secondary N) is 2. The van der Waals surface area contributed by atoms with E-state index in [1.54, 1.807) is 0 Å². The van der Waals surface area contributed by atoms with Crippen molar-refractivity contribution < 1.29 is 14.7 Å². The fourth-order valence-electron chi connectivity index (χ4n) is 4.34. The zero-order chi connectivity index (χ0) is 13.6. The van der Waals surface area contributed by atoms with E-state index < -0.39 is 5.97 Å². The third-order valence-electron chi connectivity index (χ3n) is 5.37. The minimum Gasteiger partial charge on any atom is -0.481 e. The fourth-order valence-corrected chi connectivity index (χ4v) is 4.34. The second-order valence-corrected chi connectivity index (χ2v) is 6.37. The van der Waals surface area contributed by atoms with E-state index in [2.05, 4.69) is 10.6 Å². The van der Waals surface area contributed by atoms with Gasteiger partial charge in [0, 0.05) is 12.1 Å². The number of fused-ring (bicyclic) bond motifs is 2. The summed E-state index contributed by atoms with van der Waals surface area (Å²) in [5.41, 5.74) is 0. The van der Waals surface area contributed by atoms with Gasteiger partial charge < -0.3 is 15.7 Å². The Balaban J connectivity index is 1.68. The van der Waals surface area contributed by atoms with Gasteiger partial charge in [-0.3, -0.25) is 9.59 Å². The number of rotatable bonds is 3. The molecule has 6 unspecified atom stereocenters. The van der Waals surface area contributed by atoms with Crippen molar-refractivity contribution in [3.05, 3.63) is 0 Å². The first-order chi connectivity index (χ1) is 9.08. The van der Waals surface area contributed by atoms with Crippen LogP contribution in [0.3, 0.4) is 0 Å². The van der Waals surface area contributed by atoms with E-state index in [1.165, 1.54) is 0 Å². The second kappa shape index (κ2) is 4.78. The van der Waals surface area contributed by atoms with Crippen LogP contribution in [0.2, 0.25) is 0 Å². The summed E-state index contributed by atoms with van der Waals surface area (Å²) in [5, 5.41) is 15.7. The molecule has 1 heterocycles. The summed E-state index contributed by atoms with van der Waals surface area (Å²) in [6.45, 7) is 2.89. The van der Waals surface area contributed by atoms with Crippen molar-refractivity contribution in [2.45, 2.75) is 44.7 Å². The van der Waals surface area contributed by atoms with Crippen molar-refractivity contribution in [1.29, 1.82) is 0 Å². The van der Waals surface area contributed by atoms with Crippen LogP contribution in [0.1, 0.15) is 32.6 Å². The first-order valence-electron chi connectivity index (χ1n) is 7.34.